The first-order valence-corrected chi connectivity index (χ1v) is 15.4. The Morgan fingerprint density at radius 3 is 2.16 bits per heavy atom. The quantitative estimate of drug-likeness (QED) is 0.232. The number of hydrogen-bond acceptors (Lipinski definition) is 5. The maximum absolute atomic E-state index is 14.5. The maximum atomic E-state index is 14.5. The summed E-state index contributed by atoms with van der Waals surface area (Å²) in [6.07, 6.45) is 0.895. The number of para-hydroxylation sites is 2. The van der Waals surface area contributed by atoms with Crippen molar-refractivity contribution in [2.75, 3.05) is 17.3 Å². The number of fused-ring (bicyclic) bond motifs is 1. The average Bonchev–Trinajstić information content (AvgIpc) is 3.19. The molecular weight excluding hydrogens is 584 g/mol. The van der Waals surface area contributed by atoms with Crippen LogP contribution in [0.25, 0.3) is 0 Å². The molecule has 0 radical (unpaired) electrons. The number of benzene rings is 4. The molecule has 45 heavy (non-hydrogen) atoms. The maximum Gasteiger partial charge on any atom is 0.337 e. The number of nitrogens with one attached hydrogen (secondary N) is 1. The molecule has 7 heteroatoms. The van der Waals surface area contributed by atoms with E-state index in [4.69, 9.17) is 16.3 Å². The third-order valence-electron chi connectivity index (χ3n) is 8.71. The molecule has 1 amide bonds. The third kappa shape index (κ3) is 5.78. The minimum atomic E-state index is -0.775. The van der Waals surface area contributed by atoms with Gasteiger partial charge in [-0.2, -0.15) is 0 Å². The molecule has 4 aromatic rings. The molecule has 0 fully saturated rings. The molecule has 0 bridgehead atoms. The van der Waals surface area contributed by atoms with Crippen molar-refractivity contribution < 1.29 is 19.1 Å². The van der Waals surface area contributed by atoms with Crippen LogP contribution in [0.4, 0.5) is 11.4 Å². The summed E-state index contributed by atoms with van der Waals surface area (Å²) in [5.74, 6) is -0.871. The highest BCUT2D eigenvalue weighted by molar-refractivity contribution is 6.34. The number of carbonyl (C=O) groups excluding carboxylic acids is 3. The Balaban J connectivity index is 1.52. The summed E-state index contributed by atoms with van der Waals surface area (Å²) < 4.78 is 4.91. The zero-order chi connectivity index (χ0) is 31.9. The molecule has 2 aliphatic rings. The first kappa shape index (κ1) is 30.4. The van der Waals surface area contributed by atoms with Gasteiger partial charge >= 0.3 is 5.97 Å². The highest BCUT2D eigenvalue weighted by atomic mass is 35.5. The van der Waals surface area contributed by atoms with E-state index >= 15 is 0 Å². The lowest BCUT2D eigenvalue weighted by Crippen LogP contribution is -2.38. The van der Waals surface area contributed by atoms with E-state index in [-0.39, 0.29) is 23.0 Å². The molecule has 0 saturated heterocycles. The van der Waals surface area contributed by atoms with E-state index in [1.165, 1.54) is 12.7 Å². The van der Waals surface area contributed by atoms with Crippen molar-refractivity contribution in [2.45, 2.75) is 51.0 Å². The summed E-state index contributed by atoms with van der Waals surface area (Å²) in [7, 11) is 1.33. The molecule has 1 N–H and O–H groups in total. The fourth-order valence-corrected chi connectivity index (χ4v) is 6.52. The second-order valence-electron chi connectivity index (χ2n) is 12.6. The van der Waals surface area contributed by atoms with Crippen LogP contribution in [0.15, 0.2) is 108 Å². The van der Waals surface area contributed by atoms with Gasteiger partial charge in [-0.15, -0.1) is 0 Å². The number of carbonyl (C=O) groups is 3. The molecule has 0 unspecified atom stereocenters. The third-order valence-corrected chi connectivity index (χ3v) is 9.04. The number of Topliss-reactive ketones (excluding diaryl/α,β-unsaturated/α-hetero) is 1. The second-order valence-corrected chi connectivity index (χ2v) is 13.0. The number of amides is 1. The first-order chi connectivity index (χ1) is 21.6. The van der Waals surface area contributed by atoms with Gasteiger partial charge in [0.1, 0.15) is 0 Å². The van der Waals surface area contributed by atoms with Crippen molar-refractivity contribution >= 4 is 40.6 Å². The summed E-state index contributed by atoms with van der Waals surface area (Å²) in [6, 6.07) is 29.2. The minimum absolute atomic E-state index is 0.0252. The Kier molecular flexibility index (Phi) is 8.10. The van der Waals surface area contributed by atoms with Crippen LogP contribution in [0.1, 0.15) is 83.0 Å². The van der Waals surface area contributed by atoms with Crippen molar-refractivity contribution in [2.24, 2.45) is 0 Å². The predicted molar refractivity (Wildman–Crippen MR) is 178 cm³/mol. The van der Waals surface area contributed by atoms with Crippen LogP contribution in [0, 0.1) is 0 Å². The van der Waals surface area contributed by atoms with Crippen LogP contribution in [0.3, 0.4) is 0 Å². The molecule has 6 rings (SSSR count). The van der Waals surface area contributed by atoms with E-state index in [1.807, 2.05) is 24.3 Å². The molecule has 0 aromatic heterocycles. The Hall–Kier alpha value is -4.68. The number of ketones is 1. The Morgan fingerprint density at radius 2 is 1.49 bits per heavy atom. The average molecular weight is 619 g/mol. The SMILES string of the molecule is COC(=O)c1ccc([C@@H]2C3=C(C[C@H](c4ccc(C(C)(C)C)cc4)CC3=O)Nc3ccccc3N2C(=O)c2ccccc2Cl)cc1. The number of esters is 1. The van der Waals surface area contributed by atoms with Gasteiger partial charge in [-0.3, -0.25) is 14.5 Å². The molecule has 1 aliphatic heterocycles. The topological polar surface area (TPSA) is 75.7 Å². The van der Waals surface area contributed by atoms with Gasteiger partial charge in [0, 0.05) is 17.7 Å². The van der Waals surface area contributed by atoms with E-state index in [0.717, 1.165) is 16.9 Å². The minimum Gasteiger partial charge on any atom is -0.465 e. The van der Waals surface area contributed by atoms with Crippen LogP contribution < -0.4 is 10.2 Å². The fourth-order valence-electron chi connectivity index (χ4n) is 6.30. The summed E-state index contributed by atoms with van der Waals surface area (Å²) >= 11 is 6.57. The highest BCUT2D eigenvalue weighted by Gasteiger charge is 2.42. The number of anilines is 2. The van der Waals surface area contributed by atoms with Gasteiger partial charge < -0.3 is 10.1 Å². The summed E-state index contributed by atoms with van der Waals surface area (Å²) in [6.45, 7) is 6.55. The van der Waals surface area contributed by atoms with E-state index in [9.17, 15) is 14.4 Å². The van der Waals surface area contributed by atoms with E-state index in [2.05, 4.69) is 50.4 Å². The number of ether oxygens (including phenoxy) is 1. The van der Waals surface area contributed by atoms with Crippen LogP contribution >= 0.6 is 11.6 Å². The standard InChI is InChI=1S/C38H35ClN2O4/c1-38(2,3)27-19-17-23(18-20-27)26-21-31-34(33(42)22-26)35(24-13-15-25(16-14-24)37(44)45-4)41(32-12-8-7-11-30(32)40-31)36(43)28-9-5-6-10-29(28)39/h5-20,26,35,40H,21-22H2,1-4H3/t26-,35+/m0/s1. The van der Waals surface area contributed by atoms with E-state index < -0.39 is 12.0 Å². The zero-order valence-electron chi connectivity index (χ0n) is 25.8. The van der Waals surface area contributed by atoms with Crippen molar-refractivity contribution in [3.05, 3.63) is 141 Å². The summed E-state index contributed by atoms with van der Waals surface area (Å²) in [5.41, 5.74) is 6.40. The van der Waals surface area contributed by atoms with Gasteiger partial charge in [-0.1, -0.05) is 93.0 Å². The normalized spacial score (nSPS) is 18.0. The van der Waals surface area contributed by atoms with E-state index in [1.54, 1.807) is 53.4 Å². The van der Waals surface area contributed by atoms with Gasteiger partial charge in [0.05, 0.1) is 40.7 Å². The van der Waals surface area contributed by atoms with Gasteiger partial charge in [0.25, 0.3) is 5.91 Å². The van der Waals surface area contributed by atoms with Crippen LogP contribution in [-0.4, -0.2) is 24.8 Å². The second kappa shape index (κ2) is 12.0. The molecule has 0 saturated carbocycles. The number of allylic oxidation sites excluding steroid dienone is 1. The number of methoxy groups -OCH3 is 1. The molecule has 6 nitrogen and oxygen atoms in total. The Labute approximate surface area is 268 Å². The molecular formula is C38H35ClN2O4. The number of halogens is 1. The molecule has 2 atom stereocenters. The smallest absolute Gasteiger partial charge is 0.337 e. The summed E-state index contributed by atoms with van der Waals surface area (Å²) in [5, 5.41) is 3.89. The molecule has 4 aromatic carbocycles. The number of rotatable bonds is 4. The van der Waals surface area contributed by atoms with Crippen molar-refractivity contribution in [1.82, 2.24) is 0 Å². The van der Waals surface area contributed by atoms with Crippen LogP contribution in [-0.2, 0) is 14.9 Å². The largest absolute Gasteiger partial charge is 0.465 e. The lowest BCUT2D eigenvalue weighted by atomic mass is 9.77. The summed E-state index contributed by atoms with van der Waals surface area (Å²) in [4.78, 5) is 42.8. The number of nitrogens with zero attached hydrogens (tertiary/aromatic N) is 1. The van der Waals surface area contributed by atoms with E-state index in [0.29, 0.717) is 45.8 Å². The van der Waals surface area contributed by atoms with Gasteiger partial charge in [-0.25, -0.2) is 4.79 Å². The monoisotopic (exact) mass is 618 g/mol. The van der Waals surface area contributed by atoms with Crippen molar-refractivity contribution in [3.8, 4) is 0 Å². The van der Waals surface area contributed by atoms with Crippen LogP contribution in [0.5, 0.6) is 0 Å². The Morgan fingerprint density at radius 1 is 0.844 bits per heavy atom. The molecule has 228 valence electrons. The molecule has 1 heterocycles. The van der Waals surface area contributed by atoms with Crippen molar-refractivity contribution in [3.63, 3.8) is 0 Å². The van der Waals surface area contributed by atoms with Crippen LogP contribution in [0.2, 0.25) is 5.02 Å². The van der Waals surface area contributed by atoms with Crippen molar-refractivity contribution in [1.29, 1.82) is 0 Å². The zero-order valence-corrected chi connectivity index (χ0v) is 26.5. The predicted octanol–water partition coefficient (Wildman–Crippen LogP) is 8.64. The van der Waals surface area contributed by atoms with Gasteiger partial charge in [-0.05, 0) is 70.8 Å². The van der Waals surface area contributed by atoms with Gasteiger partial charge in [0.2, 0.25) is 0 Å². The molecule has 0 spiro atoms. The molecule has 1 aliphatic carbocycles. The fraction of sp³-hybridized carbons (Fsp3) is 0.237. The highest BCUT2D eigenvalue weighted by Crippen LogP contribution is 2.48. The first-order valence-electron chi connectivity index (χ1n) is 15.1. The lowest BCUT2D eigenvalue weighted by molar-refractivity contribution is -0.116. The van der Waals surface area contributed by atoms with Gasteiger partial charge in [0.15, 0.2) is 5.78 Å². The lowest BCUT2D eigenvalue weighted by Gasteiger charge is -2.35. The number of hydrogen-bond donors (Lipinski definition) is 1. The Bertz CT molecular complexity index is 1820.